The lowest BCUT2D eigenvalue weighted by molar-refractivity contribution is 0.273. The van der Waals surface area contributed by atoms with Gasteiger partial charge in [0, 0.05) is 28.7 Å². The van der Waals surface area contributed by atoms with E-state index in [9.17, 15) is 0 Å². The topological polar surface area (TPSA) is 27.3 Å². The van der Waals surface area contributed by atoms with E-state index in [0.717, 1.165) is 19.8 Å². The monoisotopic (exact) mass is 193 g/mol. The van der Waals surface area contributed by atoms with Gasteiger partial charge in [0.1, 0.15) is 0 Å². The Kier molecular flexibility index (Phi) is 14.0. The van der Waals surface area contributed by atoms with Crippen molar-refractivity contribution in [2.45, 2.75) is 33.7 Å². The average Bonchev–Trinajstić information content (AvgIpc) is 2.15. The number of nitrogens with one attached hydrogen (secondary N) is 2. The van der Waals surface area contributed by atoms with Crippen molar-refractivity contribution in [2.75, 3.05) is 33.9 Å². The second kappa shape index (κ2) is 11.9. The first-order valence-corrected chi connectivity index (χ1v) is 5.24. The highest BCUT2D eigenvalue weighted by Gasteiger charge is 2.00. The molecule has 0 heterocycles. The van der Waals surface area contributed by atoms with Crippen molar-refractivity contribution in [2.24, 2.45) is 0 Å². The molecule has 3 nitrogen and oxygen atoms in total. The first-order valence-electron chi connectivity index (χ1n) is 5.24. The van der Waals surface area contributed by atoms with E-state index in [2.05, 4.69) is 36.4 Å². The van der Waals surface area contributed by atoms with Gasteiger partial charge in [-0.25, -0.2) is 0 Å². The summed E-state index contributed by atoms with van der Waals surface area (Å²) in [7, 11) is 4.09. The van der Waals surface area contributed by atoms with Gasteiger partial charge in [-0.2, -0.15) is 0 Å². The minimum atomic E-state index is 0. The van der Waals surface area contributed by atoms with Gasteiger partial charge >= 0.3 is 0 Å². The van der Waals surface area contributed by atoms with E-state index < -0.39 is 0 Å². The van der Waals surface area contributed by atoms with Gasteiger partial charge in [0.2, 0.25) is 0 Å². The van der Waals surface area contributed by atoms with Crippen LogP contribution in [0.15, 0.2) is 0 Å². The lowest BCUT2D eigenvalue weighted by atomic mass is 10.3. The highest BCUT2D eigenvalue weighted by atomic mass is 15.1. The first kappa shape index (κ1) is 15.4. The summed E-state index contributed by atoms with van der Waals surface area (Å²) in [5, 5.41) is 6.31. The van der Waals surface area contributed by atoms with E-state index in [-0.39, 0.29) is 2.85 Å². The number of hydrogen-bond donors (Lipinski definition) is 2. The second-order valence-electron chi connectivity index (χ2n) is 3.10. The Hall–Kier alpha value is -0.120. The summed E-state index contributed by atoms with van der Waals surface area (Å²) < 4.78 is 0. The summed E-state index contributed by atoms with van der Waals surface area (Å²) in [5.74, 6) is 0. The molecular formula is C10H31N3. The smallest absolute Gasteiger partial charge is 0.0452 e. The zero-order chi connectivity index (χ0) is 10.7. The molecule has 3 heteroatoms. The van der Waals surface area contributed by atoms with Crippen molar-refractivity contribution in [1.29, 1.82) is 0 Å². The van der Waals surface area contributed by atoms with Crippen LogP contribution < -0.4 is 10.6 Å². The summed E-state index contributed by atoms with van der Waals surface area (Å²) in [6.07, 6.45) is 0. The van der Waals surface area contributed by atoms with Crippen LogP contribution in [-0.2, 0) is 0 Å². The molecule has 0 amide bonds. The normalized spacial score (nSPS) is 10.2. The molecule has 0 radical (unpaired) electrons. The molecule has 0 fully saturated rings. The van der Waals surface area contributed by atoms with Crippen LogP contribution >= 0.6 is 0 Å². The molecule has 0 aliphatic carbocycles. The lowest BCUT2D eigenvalue weighted by Crippen LogP contribution is -2.36. The maximum absolute atomic E-state index is 3.27. The Morgan fingerprint density at radius 1 is 1.31 bits per heavy atom. The van der Waals surface area contributed by atoms with Gasteiger partial charge in [-0.1, -0.05) is 13.8 Å². The molecule has 86 valence electrons. The Morgan fingerprint density at radius 3 is 2.23 bits per heavy atom. The fourth-order valence-electron chi connectivity index (χ4n) is 0.727. The molecule has 0 saturated heterocycles. The van der Waals surface area contributed by atoms with Crippen molar-refractivity contribution in [1.82, 2.24) is 15.5 Å². The van der Waals surface area contributed by atoms with Gasteiger partial charge < -0.3 is 15.5 Å². The molecule has 0 aromatic heterocycles. The summed E-state index contributed by atoms with van der Waals surface area (Å²) in [6, 6.07) is 0.645. The summed E-state index contributed by atoms with van der Waals surface area (Å²) in [4.78, 5) is 2.32. The van der Waals surface area contributed by atoms with Crippen LogP contribution in [-0.4, -0.2) is 44.8 Å². The number of hydrogen-bond acceptors (Lipinski definition) is 3. The van der Waals surface area contributed by atoms with Crippen molar-refractivity contribution < 1.29 is 2.85 Å². The van der Waals surface area contributed by atoms with Crippen molar-refractivity contribution >= 4 is 0 Å². The molecule has 0 aromatic rings. The molecule has 2 N–H and O–H groups in total. The molecule has 0 aromatic carbocycles. The molecule has 0 bridgehead atoms. The Morgan fingerprint density at radius 2 is 1.85 bits per heavy atom. The first-order chi connectivity index (χ1) is 6.18. The SMILES string of the molecule is CC.CNCNCCN(C)C(C)C.[HH].[HH]. The highest BCUT2D eigenvalue weighted by molar-refractivity contribution is 4.57. The molecule has 0 aliphatic heterocycles. The van der Waals surface area contributed by atoms with Gasteiger partial charge in [-0.05, 0) is 27.9 Å². The zero-order valence-electron chi connectivity index (χ0n) is 10.1. The van der Waals surface area contributed by atoms with Crippen LogP contribution in [0.4, 0.5) is 0 Å². The maximum Gasteiger partial charge on any atom is 0.0452 e. The van der Waals surface area contributed by atoms with Gasteiger partial charge in [0.15, 0.2) is 0 Å². The standard InChI is InChI=1S/C8H21N3.C2H6.2H2/c1-8(2)11(4)6-5-10-7-9-3;1-2;;/h8-10H,5-7H2,1-4H3;1-2H3;2*1H. The Balaban J connectivity index is -0.000000142. The van der Waals surface area contributed by atoms with Gasteiger partial charge in [0.25, 0.3) is 0 Å². The van der Waals surface area contributed by atoms with Crippen LogP contribution in [0.3, 0.4) is 0 Å². The van der Waals surface area contributed by atoms with E-state index in [1.54, 1.807) is 0 Å². The van der Waals surface area contributed by atoms with E-state index >= 15 is 0 Å². The van der Waals surface area contributed by atoms with Crippen molar-refractivity contribution in [3.05, 3.63) is 0 Å². The largest absolute Gasteiger partial charge is 0.308 e. The van der Waals surface area contributed by atoms with E-state index in [0.29, 0.717) is 6.04 Å². The second-order valence-corrected chi connectivity index (χ2v) is 3.10. The third-order valence-electron chi connectivity index (χ3n) is 1.82. The minimum Gasteiger partial charge on any atom is -0.308 e. The molecule has 0 spiro atoms. The molecule has 13 heavy (non-hydrogen) atoms. The van der Waals surface area contributed by atoms with Gasteiger partial charge in [-0.3, -0.25) is 0 Å². The summed E-state index contributed by atoms with van der Waals surface area (Å²) in [6.45, 7) is 11.5. The Bertz CT molecular complexity index is 92.7. The quantitative estimate of drug-likeness (QED) is 0.496. The van der Waals surface area contributed by atoms with E-state index in [1.165, 1.54) is 0 Å². The van der Waals surface area contributed by atoms with E-state index in [4.69, 9.17) is 0 Å². The Labute approximate surface area is 86.9 Å². The van der Waals surface area contributed by atoms with Crippen LogP contribution in [0, 0.1) is 0 Å². The predicted octanol–water partition coefficient (Wildman–Crippen LogP) is 1.61. The fraction of sp³-hybridized carbons (Fsp3) is 1.00. The maximum atomic E-state index is 3.27. The third kappa shape index (κ3) is 11.9. The molecular weight excluding hydrogens is 162 g/mol. The fourth-order valence-corrected chi connectivity index (χ4v) is 0.727. The predicted molar refractivity (Wildman–Crippen MR) is 65.3 cm³/mol. The molecule has 0 rings (SSSR count). The van der Waals surface area contributed by atoms with Crippen LogP contribution in [0.5, 0.6) is 0 Å². The van der Waals surface area contributed by atoms with Gasteiger partial charge in [-0.15, -0.1) is 0 Å². The summed E-state index contributed by atoms with van der Waals surface area (Å²) in [5.41, 5.74) is 0. The van der Waals surface area contributed by atoms with Crippen LogP contribution in [0.25, 0.3) is 0 Å². The number of nitrogens with zero attached hydrogens (tertiary/aromatic N) is 1. The highest BCUT2D eigenvalue weighted by Crippen LogP contribution is 1.90. The lowest BCUT2D eigenvalue weighted by Gasteiger charge is -2.20. The number of rotatable bonds is 6. The zero-order valence-corrected chi connectivity index (χ0v) is 10.1. The van der Waals surface area contributed by atoms with Crippen molar-refractivity contribution in [3.63, 3.8) is 0 Å². The third-order valence-corrected chi connectivity index (χ3v) is 1.82. The van der Waals surface area contributed by atoms with E-state index in [1.807, 2.05) is 20.9 Å². The molecule has 0 atom stereocenters. The average molecular weight is 193 g/mol. The minimum absolute atomic E-state index is 0. The number of likely N-dealkylation sites (N-methyl/N-ethyl adjacent to an activating group) is 1. The van der Waals surface area contributed by atoms with Crippen LogP contribution in [0.2, 0.25) is 0 Å². The molecule has 0 aliphatic rings. The molecule has 0 saturated carbocycles. The molecule has 0 unspecified atom stereocenters. The summed E-state index contributed by atoms with van der Waals surface area (Å²) >= 11 is 0. The van der Waals surface area contributed by atoms with Crippen molar-refractivity contribution in [3.8, 4) is 0 Å². The van der Waals surface area contributed by atoms with Crippen LogP contribution in [0.1, 0.15) is 30.5 Å². The van der Waals surface area contributed by atoms with Gasteiger partial charge in [0.05, 0.1) is 0 Å².